The Balaban J connectivity index is 1.57. The van der Waals surface area contributed by atoms with Gasteiger partial charge in [0.25, 0.3) is 5.56 Å². The second-order valence-electron chi connectivity index (χ2n) is 5.46. The number of Topliss-reactive ketones (excluding diaryl/α,β-unsaturated/α-hetero) is 1. The molecule has 134 valence electrons. The van der Waals surface area contributed by atoms with Crippen LogP contribution in [0.1, 0.15) is 28.0 Å². The average Bonchev–Trinajstić information content (AvgIpc) is 3.01. The topological polar surface area (TPSA) is 99.9 Å². The molecule has 0 spiro atoms. The minimum atomic E-state index is -0.589. The van der Waals surface area contributed by atoms with Gasteiger partial charge in [0.15, 0.2) is 17.4 Å². The number of hydrogen-bond donors (Lipinski definition) is 0. The molecule has 26 heavy (non-hydrogen) atoms. The summed E-state index contributed by atoms with van der Waals surface area (Å²) in [5.41, 5.74) is 0.817. The minimum Gasteiger partial charge on any atom is -0.482 e. The first kappa shape index (κ1) is 17.7. The number of aryl methyl sites for hydroxylation is 1. The zero-order valence-electron chi connectivity index (χ0n) is 14.1. The van der Waals surface area contributed by atoms with Gasteiger partial charge in [-0.25, -0.2) is 9.78 Å². The van der Waals surface area contributed by atoms with E-state index in [0.717, 1.165) is 0 Å². The number of nitrogens with zero attached hydrogens (tertiary/aromatic N) is 3. The minimum absolute atomic E-state index is 0.0812. The van der Waals surface area contributed by atoms with E-state index < -0.39 is 5.97 Å². The van der Waals surface area contributed by atoms with Crippen molar-refractivity contribution in [3.05, 3.63) is 57.0 Å². The van der Waals surface area contributed by atoms with E-state index in [9.17, 15) is 14.4 Å². The number of fused-ring (bicyclic) bond motifs is 1. The zero-order chi connectivity index (χ0) is 18.7. The van der Waals surface area contributed by atoms with Crippen LogP contribution in [0.15, 0.2) is 35.1 Å². The summed E-state index contributed by atoms with van der Waals surface area (Å²) in [5, 5.41) is 4.53. The van der Waals surface area contributed by atoms with Gasteiger partial charge < -0.3 is 9.47 Å². The normalized spacial score (nSPS) is 10.7. The van der Waals surface area contributed by atoms with Gasteiger partial charge in [-0.2, -0.15) is 9.61 Å². The monoisotopic (exact) mass is 373 g/mol. The lowest BCUT2D eigenvalue weighted by molar-refractivity contribution is -0.147. The van der Waals surface area contributed by atoms with E-state index in [-0.39, 0.29) is 24.6 Å². The van der Waals surface area contributed by atoms with Crippen molar-refractivity contribution in [1.82, 2.24) is 14.6 Å². The number of carbonyl (C=O) groups excluding carboxylic acids is 2. The number of benzene rings is 1. The fourth-order valence-electron chi connectivity index (χ4n) is 2.15. The Labute approximate surface area is 152 Å². The van der Waals surface area contributed by atoms with Crippen molar-refractivity contribution in [2.24, 2.45) is 0 Å². The second-order valence-corrected chi connectivity index (χ2v) is 6.50. The average molecular weight is 373 g/mol. The highest BCUT2D eigenvalue weighted by Gasteiger charge is 2.11. The van der Waals surface area contributed by atoms with Crippen LogP contribution in [0, 0.1) is 6.92 Å². The molecule has 0 aliphatic rings. The SMILES string of the molecule is CC(=O)c1cccc(OCC(=O)OCc2nn3c(=O)cc(C)nc3s2)c1. The molecular formula is C17H15N3O5S. The molecule has 0 atom stereocenters. The van der Waals surface area contributed by atoms with Gasteiger partial charge in [0, 0.05) is 17.3 Å². The maximum Gasteiger partial charge on any atom is 0.344 e. The summed E-state index contributed by atoms with van der Waals surface area (Å²) in [4.78, 5) is 39.6. The molecule has 0 radical (unpaired) electrons. The number of hydrogen-bond acceptors (Lipinski definition) is 8. The van der Waals surface area contributed by atoms with Gasteiger partial charge in [-0.3, -0.25) is 9.59 Å². The fraction of sp³-hybridized carbons (Fsp3) is 0.235. The first-order chi connectivity index (χ1) is 12.4. The number of ether oxygens (including phenoxy) is 2. The van der Waals surface area contributed by atoms with Gasteiger partial charge >= 0.3 is 5.97 Å². The van der Waals surface area contributed by atoms with E-state index >= 15 is 0 Å². The molecule has 1 aromatic carbocycles. The third-order valence-electron chi connectivity index (χ3n) is 3.37. The maximum absolute atomic E-state index is 11.8. The molecule has 0 saturated carbocycles. The number of rotatable bonds is 6. The lowest BCUT2D eigenvalue weighted by Gasteiger charge is -2.06. The van der Waals surface area contributed by atoms with E-state index in [2.05, 4.69) is 10.1 Å². The van der Waals surface area contributed by atoms with Gasteiger partial charge in [0.1, 0.15) is 12.4 Å². The Kier molecular flexibility index (Phi) is 5.08. The molecule has 0 N–H and O–H groups in total. The predicted molar refractivity (Wildman–Crippen MR) is 93.6 cm³/mol. The van der Waals surface area contributed by atoms with Crippen LogP contribution in [-0.4, -0.2) is 33.0 Å². The van der Waals surface area contributed by atoms with Crippen LogP contribution in [-0.2, 0) is 16.1 Å². The Bertz CT molecular complexity index is 1040. The zero-order valence-corrected chi connectivity index (χ0v) is 14.9. The van der Waals surface area contributed by atoms with Gasteiger partial charge in [0.2, 0.25) is 4.96 Å². The lowest BCUT2D eigenvalue weighted by atomic mass is 10.1. The maximum atomic E-state index is 11.8. The van der Waals surface area contributed by atoms with E-state index in [4.69, 9.17) is 9.47 Å². The molecule has 0 fully saturated rings. The largest absolute Gasteiger partial charge is 0.482 e. The van der Waals surface area contributed by atoms with Crippen molar-refractivity contribution < 1.29 is 19.1 Å². The Morgan fingerprint density at radius 2 is 2.08 bits per heavy atom. The standard InChI is InChI=1S/C17H15N3O5S/c1-10-6-15(22)20-17(18-10)26-14(19-20)8-25-16(23)9-24-13-5-3-4-12(7-13)11(2)21/h3-7H,8-9H2,1-2H3. The Morgan fingerprint density at radius 3 is 2.85 bits per heavy atom. The van der Waals surface area contributed by atoms with Crippen LogP contribution in [0.3, 0.4) is 0 Å². The van der Waals surface area contributed by atoms with Gasteiger partial charge in [-0.05, 0) is 26.0 Å². The van der Waals surface area contributed by atoms with Crippen molar-refractivity contribution in [1.29, 1.82) is 0 Å². The van der Waals surface area contributed by atoms with Crippen molar-refractivity contribution in [2.45, 2.75) is 20.5 Å². The molecular weight excluding hydrogens is 358 g/mol. The van der Waals surface area contributed by atoms with Crippen LogP contribution < -0.4 is 10.3 Å². The molecule has 0 bridgehead atoms. The summed E-state index contributed by atoms with van der Waals surface area (Å²) in [6.45, 7) is 2.79. The molecule has 0 unspecified atom stereocenters. The molecule has 2 heterocycles. The molecule has 0 aliphatic carbocycles. The third-order valence-corrected chi connectivity index (χ3v) is 4.25. The molecule has 0 saturated heterocycles. The summed E-state index contributed by atoms with van der Waals surface area (Å²) >= 11 is 1.17. The van der Waals surface area contributed by atoms with E-state index in [1.165, 1.54) is 28.8 Å². The fourth-order valence-corrected chi connectivity index (χ4v) is 3.01. The van der Waals surface area contributed by atoms with Crippen LogP contribution in [0.4, 0.5) is 0 Å². The summed E-state index contributed by atoms with van der Waals surface area (Å²) in [7, 11) is 0. The molecule has 2 aromatic heterocycles. The smallest absolute Gasteiger partial charge is 0.344 e. The number of carbonyl (C=O) groups is 2. The molecule has 8 nitrogen and oxygen atoms in total. The first-order valence-electron chi connectivity index (χ1n) is 7.68. The van der Waals surface area contributed by atoms with Gasteiger partial charge in [-0.15, -0.1) is 0 Å². The third kappa shape index (κ3) is 4.12. The highest BCUT2D eigenvalue weighted by molar-refractivity contribution is 7.16. The van der Waals surface area contributed by atoms with Crippen molar-refractivity contribution in [3.8, 4) is 5.75 Å². The first-order valence-corrected chi connectivity index (χ1v) is 8.50. The van der Waals surface area contributed by atoms with Gasteiger partial charge in [-0.1, -0.05) is 23.5 Å². The van der Waals surface area contributed by atoms with E-state index in [1.807, 2.05) is 0 Å². The van der Waals surface area contributed by atoms with Crippen LogP contribution in [0.5, 0.6) is 5.75 Å². The summed E-state index contributed by atoms with van der Waals surface area (Å²) in [6, 6.07) is 7.92. The Morgan fingerprint density at radius 1 is 1.27 bits per heavy atom. The summed E-state index contributed by atoms with van der Waals surface area (Å²) < 4.78 is 11.6. The molecule has 9 heteroatoms. The molecule has 0 amide bonds. The quantitative estimate of drug-likeness (QED) is 0.480. The molecule has 3 aromatic rings. The number of esters is 1. The van der Waals surface area contributed by atoms with Crippen molar-refractivity contribution in [2.75, 3.05) is 6.61 Å². The molecule has 3 rings (SSSR count). The highest BCUT2D eigenvalue weighted by Crippen LogP contribution is 2.15. The Hall–Kier alpha value is -3.07. The van der Waals surface area contributed by atoms with Crippen molar-refractivity contribution >= 4 is 28.1 Å². The second kappa shape index (κ2) is 7.44. The van der Waals surface area contributed by atoms with Gasteiger partial charge in [0.05, 0.1) is 0 Å². The van der Waals surface area contributed by atoms with Crippen LogP contribution >= 0.6 is 11.3 Å². The summed E-state index contributed by atoms with van der Waals surface area (Å²) in [6.07, 6.45) is 0. The number of aromatic nitrogens is 3. The van der Waals surface area contributed by atoms with E-state index in [0.29, 0.717) is 27.0 Å². The van der Waals surface area contributed by atoms with E-state index in [1.54, 1.807) is 31.2 Å². The lowest BCUT2D eigenvalue weighted by Crippen LogP contribution is -2.16. The highest BCUT2D eigenvalue weighted by atomic mass is 32.1. The van der Waals surface area contributed by atoms with Crippen molar-refractivity contribution in [3.63, 3.8) is 0 Å². The number of ketones is 1. The van der Waals surface area contributed by atoms with Crippen LogP contribution in [0.2, 0.25) is 0 Å². The molecule has 0 aliphatic heterocycles. The summed E-state index contributed by atoms with van der Waals surface area (Å²) in [5.74, 6) is -0.275. The van der Waals surface area contributed by atoms with Crippen LogP contribution in [0.25, 0.3) is 4.96 Å². The predicted octanol–water partition coefficient (Wildman–Crippen LogP) is 1.78.